The molecule has 0 unspecified atom stereocenters. The van der Waals surface area contributed by atoms with Crippen molar-refractivity contribution < 1.29 is 18.0 Å². The van der Waals surface area contributed by atoms with Crippen LogP contribution < -0.4 is 5.32 Å². The van der Waals surface area contributed by atoms with Gasteiger partial charge in [-0.3, -0.25) is 9.59 Å². The second kappa shape index (κ2) is 6.70. The Morgan fingerprint density at radius 1 is 1.21 bits per heavy atom. The van der Waals surface area contributed by atoms with E-state index < -0.39 is 16.1 Å². The molecule has 0 bridgehead atoms. The summed E-state index contributed by atoms with van der Waals surface area (Å²) in [7, 11) is -3.62. The third-order valence-corrected chi connectivity index (χ3v) is 6.41. The van der Waals surface area contributed by atoms with Crippen molar-refractivity contribution >= 4 is 33.4 Å². The minimum Gasteiger partial charge on any atom is -0.344 e. The van der Waals surface area contributed by atoms with Crippen LogP contribution in [0.1, 0.15) is 12.8 Å². The molecule has 2 aliphatic heterocycles. The Balaban J connectivity index is 1.64. The number of carbonyl (C=O) groups excluding carboxylic acids is 2. The van der Waals surface area contributed by atoms with Gasteiger partial charge in [0.1, 0.15) is 6.04 Å². The van der Waals surface area contributed by atoms with Crippen LogP contribution in [0, 0.1) is 0 Å². The number of carbonyl (C=O) groups is 2. The first-order valence-electron chi connectivity index (χ1n) is 7.72. The van der Waals surface area contributed by atoms with Gasteiger partial charge in [0.25, 0.3) is 0 Å². The Morgan fingerprint density at radius 3 is 2.50 bits per heavy atom. The molecule has 0 saturated carbocycles. The highest BCUT2D eigenvalue weighted by molar-refractivity contribution is 7.89. The fourth-order valence-electron chi connectivity index (χ4n) is 2.95. The van der Waals surface area contributed by atoms with Crippen LogP contribution in [-0.2, 0) is 19.6 Å². The summed E-state index contributed by atoms with van der Waals surface area (Å²) in [6, 6.07) is 5.66. The van der Waals surface area contributed by atoms with E-state index >= 15 is 0 Å². The SMILES string of the molecule is O=C1CC[C@H](C(=O)N2CCN(S(=O)(=O)c3cccc(Cl)c3)CC2)N1. The monoisotopic (exact) mass is 371 g/mol. The molecule has 9 heteroatoms. The number of piperazine rings is 1. The van der Waals surface area contributed by atoms with Crippen LogP contribution in [0.3, 0.4) is 0 Å². The fraction of sp³-hybridized carbons (Fsp3) is 0.467. The molecule has 7 nitrogen and oxygen atoms in total. The fourth-order valence-corrected chi connectivity index (χ4v) is 4.67. The summed E-state index contributed by atoms with van der Waals surface area (Å²) in [5.74, 6) is -0.254. The Bertz CT molecular complexity index is 760. The lowest BCUT2D eigenvalue weighted by molar-refractivity contribution is -0.135. The van der Waals surface area contributed by atoms with Crippen LogP contribution in [0.5, 0.6) is 0 Å². The van der Waals surface area contributed by atoms with Gasteiger partial charge in [-0.1, -0.05) is 17.7 Å². The summed E-state index contributed by atoms with van der Waals surface area (Å²) in [6.45, 7) is 1.07. The minimum atomic E-state index is -3.62. The molecule has 2 amide bonds. The van der Waals surface area contributed by atoms with Gasteiger partial charge in [-0.25, -0.2) is 8.42 Å². The van der Waals surface area contributed by atoms with E-state index in [1.807, 2.05) is 0 Å². The third kappa shape index (κ3) is 3.40. The van der Waals surface area contributed by atoms with Gasteiger partial charge in [-0.15, -0.1) is 0 Å². The molecule has 3 rings (SSSR count). The maximum atomic E-state index is 12.6. The molecule has 2 aliphatic rings. The first-order valence-corrected chi connectivity index (χ1v) is 9.53. The lowest BCUT2D eigenvalue weighted by atomic mass is 10.2. The Kier molecular flexibility index (Phi) is 4.80. The molecule has 2 saturated heterocycles. The zero-order valence-corrected chi connectivity index (χ0v) is 14.5. The van der Waals surface area contributed by atoms with Gasteiger partial charge in [0.15, 0.2) is 0 Å². The number of amides is 2. The summed E-state index contributed by atoms with van der Waals surface area (Å²) in [5.41, 5.74) is 0. The van der Waals surface area contributed by atoms with Gasteiger partial charge in [-0.2, -0.15) is 4.31 Å². The van der Waals surface area contributed by atoms with Gasteiger partial charge < -0.3 is 10.2 Å². The van der Waals surface area contributed by atoms with Crippen LogP contribution >= 0.6 is 11.6 Å². The van der Waals surface area contributed by atoms with Gasteiger partial charge in [0.05, 0.1) is 4.90 Å². The summed E-state index contributed by atoms with van der Waals surface area (Å²) in [5, 5.41) is 3.01. The summed E-state index contributed by atoms with van der Waals surface area (Å²) in [4.78, 5) is 25.3. The lowest BCUT2D eigenvalue weighted by Gasteiger charge is -2.35. The lowest BCUT2D eigenvalue weighted by Crippen LogP contribution is -2.54. The molecule has 2 heterocycles. The van der Waals surface area contributed by atoms with E-state index in [9.17, 15) is 18.0 Å². The molecule has 2 fully saturated rings. The number of rotatable bonds is 3. The molecule has 24 heavy (non-hydrogen) atoms. The van der Waals surface area contributed by atoms with E-state index in [0.717, 1.165) is 0 Å². The smallest absolute Gasteiger partial charge is 0.245 e. The maximum absolute atomic E-state index is 12.6. The first kappa shape index (κ1) is 17.2. The highest BCUT2D eigenvalue weighted by Gasteiger charge is 2.35. The van der Waals surface area contributed by atoms with Gasteiger partial charge in [-0.05, 0) is 24.6 Å². The van der Waals surface area contributed by atoms with E-state index in [2.05, 4.69) is 5.32 Å². The minimum absolute atomic E-state index is 0.115. The van der Waals surface area contributed by atoms with Crippen molar-refractivity contribution in [3.8, 4) is 0 Å². The maximum Gasteiger partial charge on any atom is 0.245 e. The van der Waals surface area contributed by atoms with E-state index in [4.69, 9.17) is 11.6 Å². The number of hydrogen-bond donors (Lipinski definition) is 1. The molecule has 0 radical (unpaired) electrons. The molecule has 1 atom stereocenters. The van der Waals surface area contributed by atoms with Crippen molar-refractivity contribution in [3.05, 3.63) is 29.3 Å². The zero-order valence-electron chi connectivity index (χ0n) is 12.9. The predicted molar refractivity (Wildman–Crippen MR) is 88.0 cm³/mol. The van der Waals surface area contributed by atoms with Crippen LogP contribution in [0.25, 0.3) is 0 Å². The molecule has 0 spiro atoms. The topological polar surface area (TPSA) is 86.8 Å². The number of nitrogens with one attached hydrogen (secondary N) is 1. The first-order chi connectivity index (χ1) is 11.4. The van der Waals surface area contributed by atoms with E-state index in [-0.39, 0.29) is 29.8 Å². The van der Waals surface area contributed by atoms with Gasteiger partial charge in [0.2, 0.25) is 21.8 Å². The number of halogens is 1. The van der Waals surface area contributed by atoms with Crippen LogP contribution in [0.15, 0.2) is 29.2 Å². The average Bonchev–Trinajstić information content (AvgIpc) is 3.01. The van der Waals surface area contributed by atoms with Crippen molar-refractivity contribution in [2.24, 2.45) is 0 Å². The number of sulfonamides is 1. The van der Waals surface area contributed by atoms with Gasteiger partial charge in [0, 0.05) is 37.6 Å². The molecule has 1 N–H and O–H groups in total. The number of hydrogen-bond acceptors (Lipinski definition) is 4. The Labute approximate surface area is 145 Å². The molecular weight excluding hydrogens is 354 g/mol. The summed E-state index contributed by atoms with van der Waals surface area (Å²) >= 11 is 5.87. The third-order valence-electron chi connectivity index (χ3n) is 4.28. The highest BCUT2D eigenvalue weighted by Crippen LogP contribution is 2.21. The predicted octanol–water partition coefficient (Wildman–Crippen LogP) is 0.452. The molecule has 1 aromatic rings. The summed E-state index contributed by atoms with van der Waals surface area (Å²) in [6.07, 6.45) is 0.859. The second-order valence-corrected chi connectivity index (χ2v) is 8.22. The van der Waals surface area contributed by atoms with Crippen molar-refractivity contribution in [1.29, 1.82) is 0 Å². The normalized spacial score (nSPS) is 22.5. The molecule has 0 aliphatic carbocycles. The van der Waals surface area contributed by atoms with Crippen molar-refractivity contribution in [2.75, 3.05) is 26.2 Å². The summed E-state index contributed by atoms with van der Waals surface area (Å²) < 4.78 is 26.6. The Morgan fingerprint density at radius 2 is 1.92 bits per heavy atom. The van der Waals surface area contributed by atoms with Crippen molar-refractivity contribution in [2.45, 2.75) is 23.8 Å². The molecule has 130 valence electrons. The average molecular weight is 372 g/mol. The van der Waals surface area contributed by atoms with E-state index in [0.29, 0.717) is 31.0 Å². The van der Waals surface area contributed by atoms with Crippen molar-refractivity contribution in [3.63, 3.8) is 0 Å². The Hall–Kier alpha value is -1.64. The number of nitrogens with zero attached hydrogens (tertiary/aromatic N) is 2. The van der Waals surface area contributed by atoms with Gasteiger partial charge >= 0.3 is 0 Å². The quantitative estimate of drug-likeness (QED) is 0.835. The van der Waals surface area contributed by atoms with Crippen LogP contribution in [-0.4, -0.2) is 61.7 Å². The molecular formula is C15H18ClN3O4S. The van der Waals surface area contributed by atoms with Crippen LogP contribution in [0.4, 0.5) is 0 Å². The molecule has 1 aromatic carbocycles. The van der Waals surface area contributed by atoms with Crippen LogP contribution in [0.2, 0.25) is 5.02 Å². The van der Waals surface area contributed by atoms with E-state index in [1.165, 1.54) is 16.4 Å². The van der Waals surface area contributed by atoms with E-state index in [1.54, 1.807) is 17.0 Å². The largest absolute Gasteiger partial charge is 0.344 e. The standard InChI is InChI=1S/C15H18ClN3O4S/c16-11-2-1-3-12(10-11)24(22,23)19-8-6-18(7-9-19)15(21)13-4-5-14(20)17-13/h1-3,10,13H,4-9H2,(H,17,20)/t13-/m1/s1. The number of benzene rings is 1. The van der Waals surface area contributed by atoms with Crippen molar-refractivity contribution in [1.82, 2.24) is 14.5 Å². The second-order valence-electron chi connectivity index (χ2n) is 5.85. The zero-order chi connectivity index (χ0) is 17.3. The highest BCUT2D eigenvalue weighted by atomic mass is 35.5. The molecule has 0 aromatic heterocycles.